The Labute approximate surface area is 113 Å². The molecule has 19 heavy (non-hydrogen) atoms. The van der Waals surface area contributed by atoms with Gasteiger partial charge in [-0.15, -0.1) is 0 Å². The smallest absolute Gasteiger partial charge is 0.174 e. The quantitative estimate of drug-likeness (QED) is 0.659. The first-order valence-corrected chi connectivity index (χ1v) is 5.99. The average molecular weight is 252 g/mol. The number of nitrogens with zero attached hydrogens (tertiary/aromatic N) is 3. The molecule has 0 aliphatic rings. The highest BCUT2D eigenvalue weighted by Crippen LogP contribution is 2.09. The maximum absolute atomic E-state index is 8.80. The second-order valence-electron chi connectivity index (χ2n) is 4.58. The summed E-state index contributed by atoms with van der Waals surface area (Å²) in [6.07, 6.45) is 2.56. The summed E-state index contributed by atoms with van der Waals surface area (Å²) >= 11 is 0. The van der Waals surface area contributed by atoms with Crippen LogP contribution in [0.25, 0.3) is 0 Å². The van der Waals surface area contributed by atoms with Crippen LogP contribution in [0.1, 0.15) is 25.0 Å². The molecule has 1 aromatic carbocycles. The van der Waals surface area contributed by atoms with E-state index in [1.807, 2.05) is 24.3 Å². The average Bonchev–Trinajstić information content (AvgIpc) is 2.40. The van der Waals surface area contributed by atoms with Gasteiger partial charge < -0.3 is 5.73 Å². The molecule has 1 aromatic rings. The highest BCUT2D eigenvalue weighted by atomic mass is 14.8. The summed E-state index contributed by atoms with van der Waals surface area (Å²) in [5.41, 5.74) is 7.25. The number of nitriles is 2. The third-order valence-electron chi connectivity index (χ3n) is 2.45. The molecule has 96 valence electrons. The van der Waals surface area contributed by atoms with E-state index in [1.165, 1.54) is 11.8 Å². The Kier molecular flexibility index (Phi) is 5.32. The van der Waals surface area contributed by atoms with Crippen LogP contribution in [-0.4, -0.2) is 6.21 Å². The second kappa shape index (κ2) is 6.98. The van der Waals surface area contributed by atoms with Gasteiger partial charge in [0.25, 0.3) is 0 Å². The molecule has 2 N–H and O–H groups in total. The molecule has 0 aromatic heterocycles. The fourth-order valence-corrected chi connectivity index (χ4v) is 1.56. The van der Waals surface area contributed by atoms with E-state index in [0.29, 0.717) is 5.92 Å². The molecule has 4 heteroatoms. The minimum absolute atomic E-state index is 0.0613. The van der Waals surface area contributed by atoms with Crippen LogP contribution in [0.3, 0.4) is 0 Å². The molecule has 0 saturated heterocycles. The Morgan fingerprint density at radius 1 is 1.26 bits per heavy atom. The van der Waals surface area contributed by atoms with E-state index in [-0.39, 0.29) is 11.4 Å². The van der Waals surface area contributed by atoms with Crippen molar-refractivity contribution in [3.63, 3.8) is 0 Å². The summed E-state index contributed by atoms with van der Waals surface area (Å²) in [6.45, 7) is 4.34. The van der Waals surface area contributed by atoms with Gasteiger partial charge in [-0.05, 0) is 23.5 Å². The predicted molar refractivity (Wildman–Crippen MR) is 75.0 cm³/mol. The van der Waals surface area contributed by atoms with Crippen molar-refractivity contribution in [3.8, 4) is 12.1 Å². The first-order valence-electron chi connectivity index (χ1n) is 5.99. The van der Waals surface area contributed by atoms with E-state index in [9.17, 15) is 0 Å². The van der Waals surface area contributed by atoms with Crippen LogP contribution in [0.2, 0.25) is 0 Å². The maximum Gasteiger partial charge on any atom is 0.174 e. The molecule has 0 aliphatic carbocycles. The topological polar surface area (TPSA) is 86.0 Å². The van der Waals surface area contributed by atoms with Crippen molar-refractivity contribution >= 4 is 6.21 Å². The zero-order valence-electron chi connectivity index (χ0n) is 11.1. The van der Waals surface area contributed by atoms with Crippen LogP contribution in [0, 0.1) is 28.6 Å². The van der Waals surface area contributed by atoms with Gasteiger partial charge in [-0.3, -0.25) is 0 Å². The number of hydrogen-bond acceptors (Lipinski definition) is 4. The lowest BCUT2D eigenvalue weighted by molar-refractivity contribution is 0.647. The van der Waals surface area contributed by atoms with E-state index in [4.69, 9.17) is 16.3 Å². The Morgan fingerprint density at radius 3 is 2.37 bits per heavy atom. The second-order valence-corrected chi connectivity index (χ2v) is 4.58. The highest BCUT2D eigenvalue weighted by Gasteiger charge is 2.00. The zero-order valence-corrected chi connectivity index (χ0v) is 11.1. The minimum atomic E-state index is -0.171. The molecule has 0 atom stereocenters. The van der Waals surface area contributed by atoms with Crippen LogP contribution in [0.4, 0.5) is 0 Å². The van der Waals surface area contributed by atoms with Gasteiger partial charge in [-0.25, -0.2) is 4.99 Å². The van der Waals surface area contributed by atoms with Crippen molar-refractivity contribution in [1.82, 2.24) is 0 Å². The normalized spacial score (nSPS) is 12.1. The fraction of sp³-hybridized carbons (Fsp3) is 0.267. The van der Waals surface area contributed by atoms with Crippen LogP contribution in [0.15, 0.2) is 40.7 Å². The summed E-state index contributed by atoms with van der Waals surface area (Å²) in [6, 6.07) is 11.4. The SMILES string of the molecule is CC(C)Cc1ccc(C=N/C(C#N)=C(/N)C#N)cc1. The van der Waals surface area contributed by atoms with Crippen LogP contribution < -0.4 is 5.73 Å². The molecular formula is C15H16N4. The van der Waals surface area contributed by atoms with E-state index in [0.717, 1.165) is 12.0 Å². The molecule has 0 aliphatic heterocycles. The lowest BCUT2D eigenvalue weighted by Gasteiger charge is -2.04. The van der Waals surface area contributed by atoms with Crippen LogP contribution >= 0.6 is 0 Å². The molecule has 0 radical (unpaired) electrons. The van der Waals surface area contributed by atoms with Crippen LogP contribution in [0.5, 0.6) is 0 Å². The van der Waals surface area contributed by atoms with E-state index >= 15 is 0 Å². The fourth-order valence-electron chi connectivity index (χ4n) is 1.56. The van der Waals surface area contributed by atoms with Gasteiger partial charge >= 0.3 is 0 Å². The molecule has 0 bridgehead atoms. The number of nitrogens with two attached hydrogens (primary N) is 1. The number of rotatable bonds is 4. The molecule has 0 amide bonds. The van der Waals surface area contributed by atoms with Crippen molar-refractivity contribution in [2.45, 2.75) is 20.3 Å². The van der Waals surface area contributed by atoms with Gasteiger partial charge in [0.2, 0.25) is 0 Å². The first-order chi connectivity index (χ1) is 9.06. The summed E-state index contributed by atoms with van der Waals surface area (Å²) in [7, 11) is 0. The summed E-state index contributed by atoms with van der Waals surface area (Å²) < 4.78 is 0. The lowest BCUT2D eigenvalue weighted by Crippen LogP contribution is -1.98. The summed E-state index contributed by atoms with van der Waals surface area (Å²) in [4.78, 5) is 3.92. The van der Waals surface area contributed by atoms with Gasteiger partial charge in [-0.2, -0.15) is 10.5 Å². The number of aliphatic imine (C=N–C) groups is 1. The molecular weight excluding hydrogens is 236 g/mol. The number of allylic oxidation sites excluding steroid dienone is 2. The molecule has 0 saturated carbocycles. The largest absolute Gasteiger partial charge is 0.388 e. The first kappa shape index (κ1) is 14.5. The Morgan fingerprint density at radius 2 is 1.89 bits per heavy atom. The summed E-state index contributed by atoms with van der Waals surface area (Å²) in [5, 5.41) is 17.4. The van der Waals surface area contributed by atoms with Gasteiger partial charge in [0, 0.05) is 6.21 Å². The van der Waals surface area contributed by atoms with Crippen molar-refractivity contribution in [2.75, 3.05) is 0 Å². The van der Waals surface area contributed by atoms with E-state index in [1.54, 1.807) is 12.1 Å². The molecule has 0 unspecified atom stereocenters. The lowest BCUT2D eigenvalue weighted by atomic mass is 10.0. The van der Waals surface area contributed by atoms with Crippen molar-refractivity contribution in [2.24, 2.45) is 16.6 Å². The Bertz CT molecular complexity index is 566. The Balaban J connectivity index is 2.85. The summed E-state index contributed by atoms with van der Waals surface area (Å²) in [5.74, 6) is 0.614. The number of benzene rings is 1. The Hall–Kier alpha value is -2.59. The standard InChI is InChI=1S/C15H16N4/c1-11(2)7-12-3-5-13(6-4-12)10-19-15(9-17)14(18)8-16/h3-6,10-11H,7,18H2,1-2H3/b15-14+,19-10?. The molecule has 1 rings (SSSR count). The van der Waals surface area contributed by atoms with Crippen LogP contribution in [-0.2, 0) is 6.42 Å². The third kappa shape index (κ3) is 4.65. The molecule has 0 fully saturated rings. The minimum Gasteiger partial charge on any atom is -0.388 e. The highest BCUT2D eigenvalue weighted by molar-refractivity contribution is 5.80. The molecule has 0 heterocycles. The van der Waals surface area contributed by atoms with Gasteiger partial charge in [0.1, 0.15) is 17.8 Å². The van der Waals surface area contributed by atoms with Crippen molar-refractivity contribution in [3.05, 3.63) is 46.8 Å². The molecule has 4 nitrogen and oxygen atoms in total. The third-order valence-corrected chi connectivity index (χ3v) is 2.45. The number of hydrogen-bond donors (Lipinski definition) is 1. The monoisotopic (exact) mass is 252 g/mol. The van der Waals surface area contributed by atoms with E-state index in [2.05, 4.69) is 18.8 Å². The maximum atomic E-state index is 8.80. The van der Waals surface area contributed by atoms with Gasteiger partial charge in [0.15, 0.2) is 5.70 Å². The predicted octanol–water partition coefficient (Wildman–Crippen LogP) is 2.52. The van der Waals surface area contributed by atoms with E-state index < -0.39 is 0 Å². The molecule has 0 spiro atoms. The van der Waals surface area contributed by atoms with Crippen molar-refractivity contribution < 1.29 is 0 Å². The van der Waals surface area contributed by atoms with Crippen molar-refractivity contribution in [1.29, 1.82) is 10.5 Å². The van der Waals surface area contributed by atoms with Gasteiger partial charge in [-0.1, -0.05) is 38.1 Å². The van der Waals surface area contributed by atoms with Gasteiger partial charge in [0.05, 0.1) is 0 Å². The zero-order chi connectivity index (χ0) is 14.3.